The lowest BCUT2D eigenvalue weighted by Gasteiger charge is -2.19. The second kappa shape index (κ2) is 39.0. The Hall–Kier alpha value is -3.67. The fraction of sp³-hybridized carbons (Fsp3) is 0.722. The second-order valence-electron chi connectivity index (χ2n) is 31.7. The van der Waals surface area contributed by atoms with Crippen molar-refractivity contribution >= 4 is 0 Å². The third-order valence-electron chi connectivity index (χ3n) is 10.4. The monoisotopic (exact) mass is 1130 g/mol. The van der Waals surface area contributed by atoms with Gasteiger partial charge in [-0.3, -0.25) is 0 Å². The summed E-state index contributed by atoms with van der Waals surface area (Å²) < 4.78 is 63.4. The number of rotatable bonds is 11. The van der Waals surface area contributed by atoms with Crippen LogP contribution in [0.3, 0.4) is 0 Å². The number of methoxy groups -OCH3 is 1. The van der Waals surface area contributed by atoms with Crippen molar-refractivity contribution in [2.45, 2.75) is 264 Å². The molecule has 0 fully saturated rings. The number of benzene rings is 2. The van der Waals surface area contributed by atoms with Crippen LogP contribution >= 0.6 is 0 Å². The van der Waals surface area contributed by atoms with Crippen LogP contribution in [0.5, 0.6) is 11.5 Å². The highest BCUT2D eigenvalue weighted by Gasteiger charge is 2.30. The van der Waals surface area contributed by atoms with Crippen LogP contribution in [0.25, 0.3) is 0 Å². The van der Waals surface area contributed by atoms with Gasteiger partial charge in [0, 0.05) is 33.2 Å². The predicted octanol–water partition coefficient (Wildman–Crippen LogP) is 23.2. The van der Waals surface area contributed by atoms with Gasteiger partial charge in [-0.2, -0.15) is 13.2 Å². The van der Waals surface area contributed by atoms with Gasteiger partial charge in [0.15, 0.2) is 11.5 Å². The molecule has 5 nitrogen and oxygen atoms in total. The molecule has 80 heavy (non-hydrogen) atoms. The van der Waals surface area contributed by atoms with Crippen molar-refractivity contribution < 1.29 is 36.5 Å². The van der Waals surface area contributed by atoms with E-state index in [1.165, 1.54) is 37.0 Å². The highest BCUT2D eigenvalue weighted by Crippen LogP contribution is 2.35. The van der Waals surface area contributed by atoms with E-state index in [1.807, 2.05) is 45.0 Å². The number of terminal acetylenes is 1. The number of fused-ring (bicyclic) bond motifs is 1. The Bertz CT molecular complexity index is 2010. The number of ether oxygens (including phenoxy) is 4. The first-order chi connectivity index (χ1) is 35.8. The van der Waals surface area contributed by atoms with Gasteiger partial charge in [-0.1, -0.05) is 210 Å². The van der Waals surface area contributed by atoms with Gasteiger partial charge in [0.1, 0.15) is 5.76 Å². The van der Waals surface area contributed by atoms with E-state index in [0.717, 1.165) is 80.1 Å². The van der Waals surface area contributed by atoms with E-state index in [0.29, 0.717) is 57.2 Å². The minimum absolute atomic E-state index is 0.00419. The topological polar surface area (TPSA) is 50.1 Å². The lowest BCUT2D eigenvalue weighted by atomic mass is 9.86. The van der Waals surface area contributed by atoms with E-state index in [4.69, 9.17) is 29.8 Å². The molecule has 0 N–H and O–H groups in total. The molecule has 0 amide bonds. The third kappa shape index (κ3) is 63.5. The molecule has 0 atom stereocenters. The number of allylic oxidation sites excluding steroid dienone is 1. The van der Waals surface area contributed by atoms with E-state index in [-0.39, 0.29) is 5.41 Å². The average molecular weight is 1130 g/mol. The van der Waals surface area contributed by atoms with Gasteiger partial charge in [-0.05, 0) is 149 Å². The largest absolute Gasteiger partial charge is 0.469 e. The molecule has 0 saturated heterocycles. The quantitative estimate of drug-likeness (QED) is 0.109. The smallest absolute Gasteiger partial charge is 0.416 e. The average Bonchev–Trinajstić information content (AvgIpc) is 3.91. The fourth-order valence-electron chi connectivity index (χ4n) is 7.36. The van der Waals surface area contributed by atoms with E-state index >= 15 is 0 Å². The predicted molar refractivity (Wildman–Crippen MR) is 344 cm³/mol. The number of hydrogen-bond acceptors (Lipinski definition) is 5. The molecule has 3 aromatic rings. The molecule has 0 spiro atoms. The summed E-state index contributed by atoms with van der Waals surface area (Å²) >= 11 is 0. The standard InChI is InChI=1S/C12H15F3.C12H16O2.C10H22O.C9H14O.C8H18.C7H16O.C7H14.C7H12/c1-11(2,3)8-9-5-4-6-10(7-9)12(13,14)15;1-12(2,3)7-9-4-5-10-11(6-9)14-8-13-10;1-9(2)11-8-6-7-10(3,4)5;1-9(2,3)7-8-5-4-6-10-8;1-7(2)6-8(3,4)5;1-7(2,3)5-6-8-4;2*1-5-6-7(2,3)4/h4-7H,8H2,1-3H3;4-6H,7-8H2,1-3H3;9H,6-8H2,1-5H3;4-6H,7H2,1-3H3;7H,6H2,1-5H3;5-6H2,1-4H3;5H,1,6H2,2-4H3;1H,6H2,2-4H3. The summed E-state index contributed by atoms with van der Waals surface area (Å²) in [5, 5.41) is 0. The van der Waals surface area contributed by atoms with Crippen molar-refractivity contribution in [2.24, 2.45) is 49.2 Å². The van der Waals surface area contributed by atoms with Gasteiger partial charge < -0.3 is 23.4 Å². The van der Waals surface area contributed by atoms with Gasteiger partial charge in [0.25, 0.3) is 0 Å². The number of furan rings is 1. The first kappa shape index (κ1) is 82.8. The minimum Gasteiger partial charge on any atom is -0.469 e. The molecule has 1 aliphatic heterocycles. The van der Waals surface area contributed by atoms with E-state index < -0.39 is 11.7 Å². The first-order valence-corrected chi connectivity index (χ1v) is 29.5. The van der Waals surface area contributed by atoms with E-state index in [2.05, 4.69) is 198 Å². The Labute approximate surface area is 494 Å². The Kier molecular flexibility index (Phi) is 40.3. The Morgan fingerprint density at radius 2 is 1.07 bits per heavy atom. The van der Waals surface area contributed by atoms with Gasteiger partial charge in [-0.25, -0.2) is 0 Å². The lowest BCUT2D eigenvalue weighted by molar-refractivity contribution is -0.137. The number of hydrogen-bond donors (Lipinski definition) is 0. The maximum atomic E-state index is 12.4. The van der Waals surface area contributed by atoms with Crippen LogP contribution in [0.1, 0.15) is 255 Å². The maximum absolute atomic E-state index is 12.4. The number of halogens is 3. The highest BCUT2D eigenvalue weighted by molar-refractivity contribution is 5.44. The summed E-state index contributed by atoms with van der Waals surface area (Å²) in [4.78, 5) is 0. The van der Waals surface area contributed by atoms with Crippen LogP contribution in [0.15, 0.2) is 77.9 Å². The second-order valence-corrected chi connectivity index (χ2v) is 31.7. The normalized spacial score (nSPS) is 12.6. The molecule has 466 valence electrons. The summed E-state index contributed by atoms with van der Waals surface area (Å²) in [6, 6.07) is 15.7. The summed E-state index contributed by atoms with van der Waals surface area (Å²) in [5.74, 6) is 6.27. The SMILES string of the molecule is C#CCC(C)(C)C.C=CCC(C)(C)C.CC(C)(C)Cc1ccc2c(c1)OCO2.CC(C)(C)Cc1cccc(C(F)(F)F)c1.CC(C)(C)Cc1ccco1.CC(C)CC(C)(C)C.CC(C)OCCCC(C)(C)C.COCCC(C)(C)C. The maximum Gasteiger partial charge on any atom is 0.416 e. The molecule has 8 heteroatoms. The van der Waals surface area contributed by atoms with Crippen LogP contribution in [0.4, 0.5) is 13.2 Å². The Balaban J connectivity index is -0.000000420. The summed E-state index contributed by atoms with van der Waals surface area (Å²) in [6.07, 6.45) is 14.5. The summed E-state index contributed by atoms with van der Waals surface area (Å²) in [7, 11) is 1.74. The van der Waals surface area contributed by atoms with Gasteiger partial charge in [-0.15, -0.1) is 18.9 Å². The van der Waals surface area contributed by atoms with E-state index in [9.17, 15) is 13.2 Å². The Morgan fingerprint density at radius 1 is 0.575 bits per heavy atom. The van der Waals surface area contributed by atoms with Crippen LogP contribution < -0.4 is 9.47 Å². The molecule has 0 radical (unpaired) electrons. The first-order valence-electron chi connectivity index (χ1n) is 29.5. The molecule has 0 aliphatic carbocycles. The van der Waals surface area contributed by atoms with Crippen LogP contribution in [-0.2, 0) is 34.9 Å². The molecular weight excluding hydrogens is 1000 g/mol. The molecule has 2 heterocycles. The van der Waals surface area contributed by atoms with Crippen LogP contribution in [0.2, 0.25) is 0 Å². The van der Waals surface area contributed by atoms with Gasteiger partial charge >= 0.3 is 6.18 Å². The fourth-order valence-corrected chi connectivity index (χ4v) is 7.36. The molecule has 2 aromatic carbocycles. The van der Waals surface area contributed by atoms with E-state index in [1.54, 1.807) is 19.4 Å². The van der Waals surface area contributed by atoms with Gasteiger partial charge in [0.2, 0.25) is 6.79 Å². The third-order valence-corrected chi connectivity index (χ3v) is 10.4. The van der Waals surface area contributed by atoms with Crippen molar-refractivity contribution in [3.05, 3.63) is 96.0 Å². The Morgan fingerprint density at radius 3 is 1.39 bits per heavy atom. The lowest BCUT2D eigenvalue weighted by Crippen LogP contribution is -2.11. The zero-order valence-electron chi connectivity index (χ0n) is 57.5. The summed E-state index contributed by atoms with van der Waals surface area (Å²) in [5.41, 5.74) is 4.28. The zero-order valence-corrected chi connectivity index (χ0v) is 57.5. The minimum atomic E-state index is -4.24. The van der Waals surface area contributed by atoms with Crippen molar-refractivity contribution in [2.75, 3.05) is 27.1 Å². The van der Waals surface area contributed by atoms with Crippen LogP contribution in [0, 0.1) is 61.6 Å². The van der Waals surface area contributed by atoms with Crippen molar-refractivity contribution in [1.82, 2.24) is 0 Å². The molecule has 1 aromatic heterocycles. The molecule has 0 bridgehead atoms. The van der Waals surface area contributed by atoms with Crippen molar-refractivity contribution in [3.8, 4) is 23.8 Å². The zero-order chi connectivity index (χ0) is 63.6. The van der Waals surface area contributed by atoms with Crippen LogP contribution in [-0.4, -0.2) is 33.2 Å². The molecular formula is C72H127F3O5. The molecule has 0 unspecified atom stereocenters. The molecule has 1 aliphatic rings. The molecule has 0 saturated carbocycles. The number of alkyl halides is 3. The molecule has 4 rings (SSSR count). The van der Waals surface area contributed by atoms with Crippen molar-refractivity contribution in [1.29, 1.82) is 0 Å². The highest BCUT2D eigenvalue weighted by atomic mass is 19.4. The van der Waals surface area contributed by atoms with Gasteiger partial charge in [0.05, 0.1) is 17.9 Å². The summed E-state index contributed by atoms with van der Waals surface area (Å²) in [6.45, 7) is 67.1. The van der Waals surface area contributed by atoms with Crippen molar-refractivity contribution in [3.63, 3.8) is 0 Å².